The number of carbonyl (C=O) groups is 1. The number of rotatable bonds is 4. The SMILES string of the molecule is CN(C)Cc1cccc(NC(=O)c2ccccc2C(F)(F)F)c1. The van der Waals surface area contributed by atoms with Crippen molar-refractivity contribution in [2.75, 3.05) is 19.4 Å². The standard InChI is InChI=1S/C17H17F3N2O/c1-22(2)11-12-6-5-7-13(10-12)21-16(23)14-8-3-4-9-15(14)17(18,19)20/h3-10H,11H2,1-2H3,(H,21,23). The highest BCUT2D eigenvalue weighted by Crippen LogP contribution is 2.32. The zero-order chi connectivity index (χ0) is 17.0. The third kappa shape index (κ3) is 4.56. The molecule has 122 valence electrons. The summed E-state index contributed by atoms with van der Waals surface area (Å²) >= 11 is 0. The van der Waals surface area contributed by atoms with Gasteiger partial charge in [0.2, 0.25) is 0 Å². The van der Waals surface area contributed by atoms with Crippen LogP contribution in [0, 0.1) is 0 Å². The maximum absolute atomic E-state index is 13.0. The van der Waals surface area contributed by atoms with Crippen molar-refractivity contribution in [3.05, 3.63) is 65.2 Å². The number of nitrogens with one attached hydrogen (secondary N) is 1. The molecule has 0 spiro atoms. The number of carbonyl (C=O) groups excluding carboxylic acids is 1. The van der Waals surface area contributed by atoms with E-state index in [9.17, 15) is 18.0 Å². The van der Waals surface area contributed by atoms with E-state index in [4.69, 9.17) is 0 Å². The molecular weight excluding hydrogens is 305 g/mol. The lowest BCUT2D eigenvalue weighted by molar-refractivity contribution is -0.137. The molecule has 0 unspecified atom stereocenters. The molecule has 0 atom stereocenters. The first kappa shape index (κ1) is 17.0. The van der Waals surface area contributed by atoms with Crippen molar-refractivity contribution >= 4 is 11.6 Å². The number of hydrogen-bond donors (Lipinski definition) is 1. The van der Waals surface area contributed by atoms with E-state index >= 15 is 0 Å². The Hall–Kier alpha value is -2.34. The Bertz CT molecular complexity index is 696. The molecule has 2 aromatic carbocycles. The normalized spacial score (nSPS) is 11.6. The van der Waals surface area contributed by atoms with Gasteiger partial charge in [-0.05, 0) is 43.9 Å². The van der Waals surface area contributed by atoms with Crippen LogP contribution in [0.3, 0.4) is 0 Å². The highest BCUT2D eigenvalue weighted by atomic mass is 19.4. The van der Waals surface area contributed by atoms with Gasteiger partial charge in [0.25, 0.3) is 5.91 Å². The topological polar surface area (TPSA) is 32.3 Å². The molecule has 1 amide bonds. The largest absolute Gasteiger partial charge is 0.417 e. The van der Waals surface area contributed by atoms with Crippen LogP contribution >= 0.6 is 0 Å². The third-order valence-corrected chi connectivity index (χ3v) is 3.16. The Morgan fingerprint density at radius 3 is 2.43 bits per heavy atom. The summed E-state index contributed by atoms with van der Waals surface area (Å²) in [6, 6.07) is 11.8. The quantitative estimate of drug-likeness (QED) is 0.922. The van der Waals surface area contributed by atoms with E-state index < -0.39 is 23.2 Å². The molecule has 2 aromatic rings. The first-order valence-electron chi connectivity index (χ1n) is 6.98. The van der Waals surface area contributed by atoms with Gasteiger partial charge in [-0.1, -0.05) is 24.3 Å². The molecule has 0 heterocycles. The predicted octanol–water partition coefficient (Wildman–Crippen LogP) is 4.02. The van der Waals surface area contributed by atoms with Gasteiger partial charge in [0.1, 0.15) is 0 Å². The maximum Gasteiger partial charge on any atom is 0.417 e. The van der Waals surface area contributed by atoms with E-state index in [1.807, 2.05) is 25.1 Å². The molecule has 0 fully saturated rings. The molecule has 1 N–H and O–H groups in total. The number of hydrogen-bond acceptors (Lipinski definition) is 2. The zero-order valence-corrected chi connectivity index (χ0v) is 12.8. The van der Waals surface area contributed by atoms with Crippen molar-refractivity contribution in [3.8, 4) is 0 Å². The van der Waals surface area contributed by atoms with E-state index in [-0.39, 0.29) is 0 Å². The summed E-state index contributed by atoms with van der Waals surface area (Å²) in [5, 5.41) is 2.53. The summed E-state index contributed by atoms with van der Waals surface area (Å²) in [6.07, 6.45) is -4.57. The first-order chi connectivity index (χ1) is 10.8. The van der Waals surface area contributed by atoms with E-state index in [0.29, 0.717) is 12.2 Å². The lowest BCUT2D eigenvalue weighted by atomic mass is 10.1. The first-order valence-corrected chi connectivity index (χ1v) is 6.98. The molecular formula is C17H17F3N2O. The van der Waals surface area contributed by atoms with Crippen molar-refractivity contribution in [2.45, 2.75) is 12.7 Å². The second-order valence-corrected chi connectivity index (χ2v) is 5.44. The minimum absolute atomic E-state index is 0.391. The molecule has 3 nitrogen and oxygen atoms in total. The van der Waals surface area contributed by atoms with E-state index in [2.05, 4.69) is 5.32 Å². The lowest BCUT2D eigenvalue weighted by Gasteiger charge is -2.14. The van der Waals surface area contributed by atoms with Gasteiger partial charge in [-0.25, -0.2) is 0 Å². The molecule has 0 bridgehead atoms. The average molecular weight is 322 g/mol. The Morgan fingerprint density at radius 1 is 1.09 bits per heavy atom. The number of benzene rings is 2. The molecule has 0 aliphatic rings. The fourth-order valence-electron chi connectivity index (χ4n) is 2.24. The zero-order valence-electron chi connectivity index (χ0n) is 12.8. The number of anilines is 1. The summed E-state index contributed by atoms with van der Waals surface area (Å²) < 4.78 is 38.9. The number of alkyl halides is 3. The van der Waals surface area contributed by atoms with Crippen LogP contribution in [0.25, 0.3) is 0 Å². The van der Waals surface area contributed by atoms with Gasteiger partial charge in [-0.3, -0.25) is 4.79 Å². The van der Waals surface area contributed by atoms with Gasteiger partial charge >= 0.3 is 6.18 Å². The van der Waals surface area contributed by atoms with E-state index in [1.165, 1.54) is 18.2 Å². The highest BCUT2D eigenvalue weighted by Gasteiger charge is 2.34. The maximum atomic E-state index is 13.0. The summed E-state index contributed by atoms with van der Waals surface area (Å²) in [7, 11) is 3.82. The van der Waals surface area contributed by atoms with Crippen LogP contribution in [0.2, 0.25) is 0 Å². The molecule has 0 saturated heterocycles. The van der Waals surface area contributed by atoms with Crippen LogP contribution in [0.5, 0.6) is 0 Å². The van der Waals surface area contributed by atoms with Crippen molar-refractivity contribution in [3.63, 3.8) is 0 Å². The molecule has 0 radical (unpaired) electrons. The molecule has 0 aliphatic heterocycles. The smallest absolute Gasteiger partial charge is 0.322 e. The minimum atomic E-state index is -4.57. The second kappa shape index (κ2) is 6.83. The number of nitrogens with zero attached hydrogens (tertiary/aromatic N) is 1. The van der Waals surface area contributed by atoms with Gasteiger partial charge in [-0.2, -0.15) is 13.2 Å². The van der Waals surface area contributed by atoms with Gasteiger partial charge < -0.3 is 10.2 Å². The summed E-state index contributed by atoms with van der Waals surface area (Å²) in [5.74, 6) is -0.778. The molecule has 0 aliphatic carbocycles. The molecule has 0 saturated carbocycles. The summed E-state index contributed by atoms with van der Waals surface area (Å²) in [6.45, 7) is 0.669. The monoisotopic (exact) mass is 322 g/mol. The van der Waals surface area contributed by atoms with Crippen molar-refractivity contribution in [2.24, 2.45) is 0 Å². The second-order valence-electron chi connectivity index (χ2n) is 5.44. The van der Waals surface area contributed by atoms with Crippen molar-refractivity contribution < 1.29 is 18.0 Å². The van der Waals surface area contributed by atoms with Crippen molar-refractivity contribution in [1.29, 1.82) is 0 Å². The van der Waals surface area contributed by atoms with Crippen LogP contribution in [0.15, 0.2) is 48.5 Å². The van der Waals surface area contributed by atoms with E-state index in [1.54, 1.807) is 18.2 Å². The van der Waals surface area contributed by atoms with Crippen LogP contribution in [0.4, 0.5) is 18.9 Å². The average Bonchev–Trinajstić information content (AvgIpc) is 2.46. The Labute approximate surface area is 132 Å². The van der Waals surface area contributed by atoms with Gasteiger partial charge in [-0.15, -0.1) is 0 Å². The Morgan fingerprint density at radius 2 is 1.78 bits per heavy atom. The summed E-state index contributed by atoms with van der Waals surface area (Å²) in [5.41, 5.74) is 0.0863. The molecule has 6 heteroatoms. The predicted molar refractivity (Wildman–Crippen MR) is 83.2 cm³/mol. The van der Waals surface area contributed by atoms with Gasteiger partial charge in [0, 0.05) is 12.2 Å². The summed E-state index contributed by atoms with van der Waals surface area (Å²) in [4.78, 5) is 14.2. The van der Waals surface area contributed by atoms with Gasteiger partial charge in [0.05, 0.1) is 11.1 Å². The molecule has 2 rings (SSSR count). The fraction of sp³-hybridized carbons (Fsp3) is 0.235. The van der Waals surface area contributed by atoms with Crippen LogP contribution in [-0.2, 0) is 12.7 Å². The molecule has 23 heavy (non-hydrogen) atoms. The number of halogens is 3. The number of amides is 1. The van der Waals surface area contributed by atoms with Crippen molar-refractivity contribution in [1.82, 2.24) is 4.90 Å². The third-order valence-electron chi connectivity index (χ3n) is 3.16. The minimum Gasteiger partial charge on any atom is -0.322 e. The Kier molecular flexibility index (Phi) is 5.05. The lowest BCUT2D eigenvalue weighted by Crippen LogP contribution is -2.18. The highest BCUT2D eigenvalue weighted by molar-refractivity contribution is 6.05. The Balaban J connectivity index is 2.23. The molecule has 0 aromatic heterocycles. The van der Waals surface area contributed by atoms with E-state index in [0.717, 1.165) is 11.6 Å². The fourth-order valence-corrected chi connectivity index (χ4v) is 2.24. The van der Waals surface area contributed by atoms with Crippen LogP contribution < -0.4 is 5.32 Å². The van der Waals surface area contributed by atoms with Crippen LogP contribution in [-0.4, -0.2) is 24.9 Å². The van der Waals surface area contributed by atoms with Gasteiger partial charge in [0.15, 0.2) is 0 Å². The van der Waals surface area contributed by atoms with Crippen LogP contribution in [0.1, 0.15) is 21.5 Å².